The lowest BCUT2D eigenvalue weighted by molar-refractivity contribution is -0.137. The van der Waals surface area contributed by atoms with Crippen LogP contribution in [0.3, 0.4) is 0 Å². The van der Waals surface area contributed by atoms with Gasteiger partial charge in [-0.2, -0.15) is 0 Å². The second kappa shape index (κ2) is 7.66. The van der Waals surface area contributed by atoms with Crippen molar-refractivity contribution in [2.24, 2.45) is 0 Å². The predicted octanol–water partition coefficient (Wildman–Crippen LogP) is 1.09. The van der Waals surface area contributed by atoms with Gasteiger partial charge in [0.15, 0.2) is 0 Å². The van der Waals surface area contributed by atoms with E-state index in [2.05, 4.69) is 17.1 Å². The van der Waals surface area contributed by atoms with Crippen LogP contribution in [0.1, 0.15) is 23.1 Å². The van der Waals surface area contributed by atoms with Crippen LogP contribution in [0, 0.1) is 13.8 Å². The number of hydrogen-bond donors (Lipinski definition) is 1. The summed E-state index contributed by atoms with van der Waals surface area (Å²) in [5, 5.41) is 2.87. The van der Waals surface area contributed by atoms with E-state index in [1.165, 1.54) is 4.90 Å². The van der Waals surface area contributed by atoms with Crippen LogP contribution >= 0.6 is 0 Å². The Kier molecular flexibility index (Phi) is 5.83. The second-order valence-electron chi connectivity index (χ2n) is 6.45. The molecule has 1 atom stereocenters. The molecule has 1 aromatic carbocycles. The van der Waals surface area contributed by atoms with Gasteiger partial charge in [0.25, 0.3) is 0 Å². The average Bonchev–Trinajstić information content (AvgIpc) is 2.55. The second-order valence-corrected chi connectivity index (χ2v) is 6.45. The first-order valence-electron chi connectivity index (χ1n) is 8.20. The highest BCUT2D eigenvalue weighted by atomic mass is 16.5. The topological polar surface area (TPSA) is 61.9 Å². The normalized spacial score (nSPS) is 18.2. The van der Waals surface area contributed by atoms with Crippen LogP contribution < -0.4 is 10.1 Å². The molecule has 1 aromatic rings. The molecule has 0 aromatic heterocycles. The van der Waals surface area contributed by atoms with Gasteiger partial charge in [0.05, 0.1) is 19.6 Å². The average molecular weight is 333 g/mol. The first-order chi connectivity index (χ1) is 11.3. The van der Waals surface area contributed by atoms with Crippen LogP contribution in [-0.2, 0) is 16.1 Å². The van der Waals surface area contributed by atoms with Gasteiger partial charge in [-0.1, -0.05) is 6.07 Å². The molecule has 0 saturated carbocycles. The lowest BCUT2D eigenvalue weighted by Crippen LogP contribution is -2.56. The largest absolute Gasteiger partial charge is 0.496 e. The van der Waals surface area contributed by atoms with Crippen LogP contribution in [-0.4, -0.2) is 62.0 Å². The van der Waals surface area contributed by atoms with Crippen molar-refractivity contribution in [3.8, 4) is 5.75 Å². The molecule has 0 spiro atoms. The Morgan fingerprint density at radius 1 is 1.33 bits per heavy atom. The van der Waals surface area contributed by atoms with Gasteiger partial charge >= 0.3 is 0 Å². The summed E-state index contributed by atoms with van der Waals surface area (Å²) >= 11 is 0. The first-order valence-corrected chi connectivity index (χ1v) is 8.20. The molecule has 2 amide bonds. The maximum absolute atomic E-state index is 12.3. The fourth-order valence-electron chi connectivity index (χ4n) is 2.98. The van der Waals surface area contributed by atoms with Gasteiger partial charge in [-0.3, -0.25) is 14.5 Å². The number of nitrogens with one attached hydrogen (secondary N) is 1. The zero-order valence-electron chi connectivity index (χ0n) is 15.2. The number of methoxy groups -OCH3 is 1. The molecular formula is C18H27N3O3. The monoisotopic (exact) mass is 333 g/mol. The van der Waals surface area contributed by atoms with E-state index in [0.717, 1.165) is 29.0 Å². The molecule has 1 saturated heterocycles. The molecule has 24 heavy (non-hydrogen) atoms. The minimum absolute atomic E-state index is 0.0373. The summed E-state index contributed by atoms with van der Waals surface area (Å²) in [5.74, 6) is 0.760. The summed E-state index contributed by atoms with van der Waals surface area (Å²) in [4.78, 5) is 27.9. The molecule has 1 heterocycles. The fourth-order valence-corrected chi connectivity index (χ4v) is 2.98. The van der Waals surface area contributed by atoms with Gasteiger partial charge in [0.2, 0.25) is 11.8 Å². The molecule has 1 aliphatic rings. The summed E-state index contributed by atoms with van der Waals surface area (Å²) in [5.41, 5.74) is 3.43. The summed E-state index contributed by atoms with van der Waals surface area (Å²) in [6.45, 7) is 6.10. The van der Waals surface area contributed by atoms with Gasteiger partial charge in [-0.15, -0.1) is 0 Å². The Morgan fingerprint density at radius 3 is 2.67 bits per heavy atom. The van der Waals surface area contributed by atoms with Crippen molar-refractivity contribution in [3.63, 3.8) is 0 Å². The van der Waals surface area contributed by atoms with Crippen molar-refractivity contribution in [1.82, 2.24) is 15.1 Å². The number of ether oxygens (including phenoxy) is 1. The highest BCUT2D eigenvalue weighted by Gasteiger charge is 2.32. The molecule has 6 nitrogen and oxygen atoms in total. The van der Waals surface area contributed by atoms with E-state index in [0.29, 0.717) is 13.1 Å². The summed E-state index contributed by atoms with van der Waals surface area (Å²) < 4.78 is 5.36. The van der Waals surface area contributed by atoms with Crippen LogP contribution in [0.25, 0.3) is 0 Å². The van der Waals surface area contributed by atoms with Crippen molar-refractivity contribution < 1.29 is 14.3 Å². The third-order valence-electron chi connectivity index (χ3n) is 4.75. The minimum atomic E-state index is -0.421. The van der Waals surface area contributed by atoms with Crippen LogP contribution in [0.4, 0.5) is 0 Å². The van der Waals surface area contributed by atoms with Crippen LogP contribution in [0.15, 0.2) is 12.1 Å². The lowest BCUT2D eigenvalue weighted by atomic mass is 10.00. The lowest BCUT2D eigenvalue weighted by Gasteiger charge is -2.35. The Balaban J connectivity index is 2.21. The molecule has 1 fully saturated rings. The molecule has 6 heteroatoms. The van der Waals surface area contributed by atoms with Crippen molar-refractivity contribution >= 4 is 11.8 Å². The SMILES string of the molecule is COc1ccc(CN2CCNC(=O)[C@@H]2CC(=O)N(C)C)c(C)c1C. The molecule has 2 rings (SSSR count). The van der Waals surface area contributed by atoms with Gasteiger partial charge < -0.3 is 15.0 Å². The number of nitrogens with zero attached hydrogens (tertiary/aromatic N) is 2. The van der Waals surface area contributed by atoms with E-state index in [9.17, 15) is 9.59 Å². The standard InChI is InChI=1S/C18H27N3O3/c1-12-13(2)16(24-5)7-6-14(12)11-21-9-8-19-18(23)15(21)10-17(22)20(3)4/h6-7,15H,8-11H2,1-5H3,(H,19,23)/t15-/m0/s1. The van der Waals surface area contributed by atoms with Crippen LogP contribution in [0.5, 0.6) is 5.75 Å². The Labute approximate surface area is 143 Å². The first kappa shape index (κ1) is 18.3. The van der Waals surface area contributed by atoms with E-state index in [1.54, 1.807) is 21.2 Å². The summed E-state index contributed by atoms with van der Waals surface area (Å²) in [6.07, 6.45) is 0.201. The van der Waals surface area contributed by atoms with E-state index < -0.39 is 6.04 Å². The Morgan fingerprint density at radius 2 is 2.04 bits per heavy atom. The minimum Gasteiger partial charge on any atom is -0.496 e. The third kappa shape index (κ3) is 3.87. The van der Waals surface area contributed by atoms with E-state index in [4.69, 9.17) is 4.74 Å². The number of benzene rings is 1. The highest BCUT2D eigenvalue weighted by molar-refractivity contribution is 5.88. The van der Waals surface area contributed by atoms with Gasteiger partial charge in [0.1, 0.15) is 5.75 Å². The molecule has 0 radical (unpaired) electrons. The summed E-state index contributed by atoms with van der Waals surface area (Å²) in [6, 6.07) is 3.58. The number of amides is 2. The molecule has 0 unspecified atom stereocenters. The molecule has 1 aliphatic heterocycles. The molecule has 1 N–H and O–H groups in total. The van der Waals surface area contributed by atoms with Crippen molar-refractivity contribution in [3.05, 3.63) is 28.8 Å². The van der Waals surface area contributed by atoms with Gasteiger partial charge in [-0.05, 0) is 36.6 Å². The smallest absolute Gasteiger partial charge is 0.237 e. The van der Waals surface area contributed by atoms with Crippen molar-refractivity contribution in [2.45, 2.75) is 32.9 Å². The number of carbonyl (C=O) groups is 2. The van der Waals surface area contributed by atoms with Gasteiger partial charge in [-0.25, -0.2) is 0 Å². The number of hydrogen-bond acceptors (Lipinski definition) is 4. The van der Waals surface area contributed by atoms with Crippen molar-refractivity contribution in [2.75, 3.05) is 34.3 Å². The molecule has 0 aliphatic carbocycles. The quantitative estimate of drug-likeness (QED) is 0.876. The van der Waals surface area contributed by atoms with Crippen molar-refractivity contribution in [1.29, 1.82) is 0 Å². The number of carbonyl (C=O) groups excluding carboxylic acids is 2. The maximum atomic E-state index is 12.3. The number of piperazine rings is 1. The van der Waals surface area contributed by atoms with E-state index in [1.807, 2.05) is 19.1 Å². The Hall–Kier alpha value is -2.08. The van der Waals surface area contributed by atoms with Crippen LogP contribution in [0.2, 0.25) is 0 Å². The van der Waals surface area contributed by atoms with E-state index in [-0.39, 0.29) is 18.2 Å². The maximum Gasteiger partial charge on any atom is 0.237 e. The zero-order chi connectivity index (χ0) is 17.9. The zero-order valence-corrected chi connectivity index (χ0v) is 15.2. The number of rotatable bonds is 5. The molecule has 132 valence electrons. The molecular weight excluding hydrogens is 306 g/mol. The van der Waals surface area contributed by atoms with Gasteiger partial charge in [0, 0.05) is 33.7 Å². The third-order valence-corrected chi connectivity index (χ3v) is 4.75. The predicted molar refractivity (Wildman–Crippen MR) is 93.0 cm³/mol. The highest BCUT2D eigenvalue weighted by Crippen LogP contribution is 2.26. The van der Waals surface area contributed by atoms with E-state index >= 15 is 0 Å². The Bertz CT molecular complexity index is 628. The fraction of sp³-hybridized carbons (Fsp3) is 0.556. The summed E-state index contributed by atoms with van der Waals surface area (Å²) in [7, 11) is 5.09. The molecule has 0 bridgehead atoms.